The zero-order valence-corrected chi connectivity index (χ0v) is 14.1. The van der Waals surface area contributed by atoms with Gasteiger partial charge < -0.3 is 4.90 Å². The van der Waals surface area contributed by atoms with Gasteiger partial charge in [0, 0.05) is 38.2 Å². The summed E-state index contributed by atoms with van der Waals surface area (Å²) in [6, 6.07) is 8.53. The molecule has 0 amide bonds. The van der Waals surface area contributed by atoms with Gasteiger partial charge in [-0.1, -0.05) is 18.2 Å². The van der Waals surface area contributed by atoms with Crippen LogP contribution >= 0.6 is 0 Å². The van der Waals surface area contributed by atoms with Crippen LogP contribution in [0.1, 0.15) is 30.0 Å². The van der Waals surface area contributed by atoms with Crippen LogP contribution in [0.25, 0.3) is 0 Å². The molecule has 1 aromatic carbocycles. The Bertz CT molecular complexity index is 751. The van der Waals surface area contributed by atoms with E-state index in [-0.39, 0.29) is 17.3 Å². The molecule has 1 saturated heterocycles. The van der Waals surface area contributed by atoms with Crippen LogP contribution in [0, 0.1) is 5.82 Å². The lowest BCUT2D eigenvalue weighted by atomic mass is 9.93. The van der Waals surface area contributed by atoms with E-state index in [2.05, 4.69) is 14.9 Å². The van der Waals surface area contributed by atoms with Crippen molar-refractivity contribution in [3.63, 3.8) is 0 Å². The van der Waals surface area contributed by atoms with Crippen LogP contribution in [0.4, 0.5) is 10.3 Å². The van der Waals surface area contributed by atoms with E-state index >= 15 is 0 Å². The normalized spacial score (nSPS) is 16.3. The van der Waals surface area contributed by atoms with E-state index in [9.17, 15) is 9.18 Å². The molecule has 1 aromatic heterocycles. The molecule has 1 fully saturated rings. The predicted molar refractivity (Wildman–Crippen MR) is 92.8 cm³/mol. The van der Waals surface area contributed by atoms with E-state index in [1.54, 1.807) is 17.0 Å². The zero-order valence-electron chi connectivity index (χ0n) is 14.1. The Balaban J connectivity index is 1.65. The number of anilines is 1. The van der Waals surface area contributed by atoms with E-state index in [1.165, 1.54) is 6.07 Å². The topological polar surface area (TPSA) is 52.2 Å². The van der Waals surface area contributed by atoms with Crippen LogP contribution in [0.2, 0.25) is 0 Å². The van der Waals surface area contributed by atoms with Crippen LogP contribution in [-0.4, -0.2) is 42.1 Å². The van der Waals surface area contributed by atoms with Gasteiger partial charge in [0.2, 0.25) is 5.95 Å². The third kappa shape index (κ3) is 3.82. The summed E-state index contributed by atoms with van der Waals surface area (Å²) >= 11 is 0. The molecule has 1 aliphatic heterocycles. The van der Waals surface area contributed by atoms with Gasteiger partial charge in [-0.25, -0.2) is 9.37 Å². The maximum absolute atomic E-state index is 13.8. The van der Waals surface area contributed by atoms with Crippen molar-refractivity contribution >= 4 is 5.95 Å². The Morgan fingerprint density at radius 3 is 2.67 bits per heavy atom. The number of benzene rings is 1. The van der Waals surface area contributed by atoms with Crippen molar-refractivity contribution in [3.8, 4) is 0 Å². The van der Waals surface area contributed by atoms with E-state index in [0.29, 0.717) is 12.5 Å². The van der Waals surface area contributed by atoms with Crippen molar-refractivity contribution in [1.82, 2.24) is 14.9 Å². The lowest BCUT2D eigenvalue weighted by Crippen LogP contribution is -2.33. The molecule has 24 heavy (non-hydrogen) atoms. The van der Waals surface area contributed by atoms with E-state index in [0.717, 1.165) is 37.2 Å². The minimum Gasteiger partial charge on any atom is -0.348 e. The van der Waals surface area contributed by atoms with Gasteiger partial charge in [-0.2, -0.15) is 0 Å². The lowest BCUT2D eigenvalue weighted by molar-refractivity contribution is 0.201. The summed E-state index contributed by atoms with van der Waals surface area (Å²) in [6.07, 6.45) is 1.86. The Kier molecular flexibility index (Phi) is 4.94. The van der Waals surface area contributed by atoms with Gasteiger partial charge >= 0.3 is 0 Å². The highest BCUT2D eigenvalue weighted by Gasteiger charge is 2.23. The fourth-order valence-electron chi connectivity index (χ4n) is 3.14. The Morgan fingerprint density at radius 1 is 1.29 bits per heavy atom. The summed E-state index contributed by atoms with van der Waals surface area (Å²) in [4.78, 5) is 23.2. The number of hydrogen-bond acceptors (Lipinski definition) is 4. The van der Waals surface area contributed by atoms with E-state index in [1.807, 2.05) is 26.2 Å². The molecule has 1 aliphatic rings. The maximum atomic E-state index is 13.8. The molecular formula is C18H23FN4O. The first-order chi connectivity index (χ1) is 11.5. The lowest BCUT2D eigenvalue weighted by Gasteiger charge is -2.31. The van der Waals surface area contributed by atoms with Crippen molar-refractivity contribution in [2.75, 3.05) is 32.1 Å². The number of likely N-dealkylation sites (tertiary alicyclic amines) is 1. The molecule has 128 valence electrons. The molecule has 0 spiro atoms. The van der Waals surface area contributed by atoms with Crippen molar-refractivity contribution in [2.24, 2.45) is 0 Å². The van der Waals surface area contributed by atoms with Crippen molar-refractivity contribution in [2.45, 2.75) is 25.3 Å². The number of nitrogens with one attached hydrogen (secondary N) is 1. The number of piperidine rings is 1. The molecule has 0 aliphatic carbocycles. The van der Waals surface area contributed by atoms with E-state index in [4.69, 9.17) is 0 Å². The molecule has 6 heteroatoms. The third-order valence-electron chi connectivity index (χ3n) is 4.53. The number of aromatic amines is 1. The summed E-state index contributed by atoms with van der Waals surface area (Å²) in [6.45, 7) is 2.39. The maximum Gasteiger partial charge on any atom is 0.252 e. The number of aromatic nitrogens is 2. The van der Waals surface area contributed by atoms with Gasteiger partial charge in [-0.15, -0.1) is 0 Å². The molecule has 1 N–H and O–H groups in total. The molecule has 2 heterocycles. The SMILES string of the molecule is CN(C)c1nc(C2CCN(Cc3ccccc3F)CC2)cc(=O)[nH]1. The standard InChI is InChI=1S/C18H23FN4O/c1-22(2)18-20-16(11-17(24)21-18)13-7-9-23(10-8-13)12-14-5-3-4-6-15(14)19/h3-6,11,13H,7-10,12H2,1-2H3,(H,20,21,24). The number of nitrogens with zero attached hydrogens (tertiary/aromatic N) is 3. The highest BCUT2D eigenvalue weighted by Crippen LogP contribution is 2.27. The van der Waals surface area contributed by atoms with Gasteiger partial charge in [-0.05, 0) is 32.0 Å². The highest BCUT2D eigenvalue weighted by molar-refractivity contribution is 5.28. The fourth-order valence-corrected chi connectivity index (χ4v) is 3.14. The Labute approximate surface area is 141 Å². The number of H-pyrrole nitrogens is 1. The molecular weight excluding hydrogens is 307 g/mol. The van der Waals surface area contributed by atoms with Crippen LogP contribution < -0.4 is 10.5 Å². The van der Waals surface area contributed by atoms with Crippen LogP contribution in [0.5, 0.6) is 0 Å². The fraction of sp³-hybridized carbons (Fsp3) is 0.444. The third-order valence-corrected chi connectivity index (χ3v) is 4.53. The summed E-state index contributed by atoms with van der Waals surface area (Å²) in [5.41, 5.74) is 1.48. The smallest absolute Gasteiger partial charge is 0.252 e. The summed E-state index contributed by atoms with van der Waals surface area (Å²) in [7, 11) is 3.72. The van der Waals surface area contributed by atoms with Gasteiger partial charge in [0.25, 0.3) is 5.56 Å². The van der Waals surface area contributed by atoms with Crippen LogP contribution in [0.15, 0.2) is 35.1 Å². The van der Waals surface area contributed by atoms with Crippen molar-refractivity contribution < 1.29 is 4.39 Å². The number of rotatable bonds is 4. The van der Waals surface area contributed by atoms with Gasteiger partial charge in [0.05, 0.1) is 5.69 Å². The van der Waals surface area contributed by atoms with Gasteiger partial charge in [0.1, 0.15) is 5.82 Å². The zero-order chi connectivity index (χ0) is 17.1. The molecule has 0 radical (unpaired) electrons. The second kappa shape index (κ2) is 7.13. The highest BCUT2D eigenvalue weighted by atomic mass is 19.1. The van der Waals surface area contributed by atoms with Crippen LogP contribution in [-0.2, 0) is 6.54 Å². The van der Waals surface area contributed by atoms with Gasteiger partial charge in [0.15, 0.2) is 0 Å². The molecule has 2 aromatic rings. The first-order valence-electron chi connectivity index (χ1n) is 8.27. The molecule has 3 rings (SSSR count). The predicted octanol–water partition coefficient (Wildman–Crippen LogP) is 2.35. The van der Waals surface area contributed by atoms with Gasteiger partial charge in [-0.3, -0.25) is 14.7 Å². The number of halogens is 1. The van der Waals surface area contributed by atoms with E-state index < -0.39 is 0 Å². The summed E-state index contributed by atoms with van der Waals surface area (Å²) in [5.74, 6) is 0.723. The first-order valence-corrected chi connectivity index (χ1v) is 8.27. The van der Waals surface area contributed by atoms with Crippen molar-refractivity contribution in [1.29, 1.82) is 0 Å². The average Bonchev–Trinajstić information content (AvgIpc) is 2.57. The Hall–Kier alpha value is -2.21. The molecule has 0 bridgehead atoms. The second-order valence-corrected chi connectivity index (χ2v) is 6.53. The molecule has 5 nitrogen and oxygen atoms in total. The van der Waals surface area contributed by atoms with Crippen molar-refractivity contribution in [3.05, 3.63) is 57.8 Å². The summed E-state index contributed by atoms with van der Waals surface area (Å²) in [5, 5.41) is 0. The summed E-state index contributed by atoms with van der Waals surface area (Å²) < 4.78 is 13.8. The largest absolute Gasteiger partial charge is 0.348 e. The minimum atomic E-state index is -0.147. The van der Waals surface area contributed by atoms with Crippen LogP contribution in [0.3, 0.4) is 0 Å². The minimum absolute atomic E-state index is 0.113. The number of hydrogen-bond donors (Lipinski definition) is 1. The average molecular weight is 330 g/mol. The second-order valence-electron chi connectivity index (χ2n) is 6.53. The monoisotopic (exact) mass is 330 g/mol. The molecule has 0 atom stereocenters. The molecule has 0 unspecified atom stereocenters. The quantitative estimate of drug-likeness (QED) is 0.935. The molecule has 0 saturated carbocycles. The first kappa shape index (κ1) is 16.6. The Morgan fingerprint density at radius 2 is 2.00 bits per heavy atom.